The number of carbonyl (C=O) groups excluding carboxylic acids is 1. The van der Waals surface area contributed by atoms with Gasteiger partial charge in [0, 0.05) is 23.5 Å². The first kappa shape index (κ1) is 16.9. The Morgan fingerprint density at radius 2 is 2.12 bits per heavy atom. The zero-order valence-corrected chi connectivity index (χ0v) is 15.3. The minimum atomic E-state index is -0.129. The molecule has 1 aromatic carbocycles. The highest BCUT2D eigenvalue weighted by molar-refractivity contribution is 8.18. The number of hydrogen-bond acceptors (Lipinski definition) is 3. The molecular formula is C18H18ClN3OS. The smallest absolute Gasteiger partial charge is 0.264 e. The van der Waals surface area contributed by atoms with Crippen LogP contribution in [0.2, 0.25) is 5.02 Å². The summed E-state index contributed by atoms with van der Waals surface area (Å²) in [5.41, 5.74) is 2.77. The molecule has 1 saturated heterocycles. The summed E-state index contributed by atoms with van der Waals surface area (Å²) in [5.74, 6) is -0.129. The van der Waals surface area contributed by atoms with Crippen molar-refractivity contribution in [3.8, 4) is 0 Å². The van der Waals surface area contributed by atoms with Gasteiger partial charge in [-0.15, -0.1) is 0 Å². The van der Waals surface area contributed by atoms with Crippen LogP contribution in [0.15, 0.2) is 46.6 Å². The van der Waals surface area contributed by atoms with Crippen molar-refractivity contribution in [1.82, 2.24) is 9.88 Å². The highest BCUT2D eigenvalue weighted by Gasteiger charge is 2.24. The average molecular weight is 360 g/mol. The van der Waals surface area contributed by atoms with Gasteiger partial charge in [-0.3, -0.25) is 4.79 Å². The quantitative estimate of drug-likeness (QED) is 0.790. The van der Waals surface area contributed by atoms with Gasteiger partial charge in [0.05, 0.1) is 10.6 Å². The standard InChI is InChI=1S/C18H18ClN3OS/c1-11(2)22-7-6-13(10-22)8-16-17(23)21-18(24-16)20-15-9-14(19)5-4-12(15)3/h4-11H,1-3H3,(H,20,21,23)/b16-8+. The maximum atomic E-state index is 12.2. The van der Waals surface area contributed by atoms with E-state index in [0.717, 1.165) is 16.8 Å². The molecular weight excluding hydrogens is 342 g/mol. The van der Waals surface area contributed by atoms with Crippen molar-refractivity contribution < 1.29 is 4.79 Å². The average Bonchev–Trinajstić information content (AvgIpc) is 3.11. The first-order valence-electron chi connectivity index (χ1n) is 7.65. The number of halogens is 1. The Morgan fingerprint density at radius 1 is 1.33 bits per heavy atom. The lowest BCUT2D eigenvalue weighted by atomic mass is 10.2. The Kier molecular flexibility index (Phi) is 4.83. The number of nitrogens with one attached hydrogen (secondary N) is 1. The van der Waals surface area contributed by atoms with E-state index in [2.05, 4.69) is 28.7 Å². The molecule has 0 atom stereocenters. The molecule has 0 unspecified atom stereocenters. The fourth-order valence-electron chi connectivity index (χ4n) is 2.28. The van der Waals surface area contributed by atoms with Gasteiger partial charge in [0.2, 0.25) is 0 Å². The van der Waals surface area contributed by atoms with Crippen molar-refractivity contribution in [2.24, 2.45) is 4.99 Å². The molecule has 0 bridgehead atoms. The molecule has 24 heavy (non-hydrogen) atoms. The molecule has 2 aromatic rings. The van der Waals surface area contributed by atoms with E-state index in [1.165, 1.54) is 11.8 Å². The number of amidine groups is 1. The van der Waals surface area contributed by atoms with Crippen LogP contribution in [0.25, 0.3) is 6.08 Å². The summed E-state index contributed by atoms with van der Waals surface area (Å²) >= 11 is 7.36. The Morgan fingerprint density at radius 3 is 2.83 bits per heavy atom. The largest absolute Gasteiger partial charge is 0.351 e. The number of rotatable bonds is 3. The maximum absolute atomic E-state index is 12.2. The number of aromatic nitrogens is 1. The second-order valence-corrected chi connectivity index (χ2v) is 7.37. The van der Waals surface area contributed by atoms with Crippen LogP contribution >= 0.6 is 23.4 Å². The first-order chi connectivity index (χ1) is 11.4. The number of hydrogen-bond donors (Lipinski definition) is 1. The monoisotopic (exact) mass is 359 g/mol. The summed E-state index contributed by atoms with van der Waals surface area (Å²) in [4.78, 5) is 17.3. The summed E-state index contributed by atoms with van der Waals surface area (Å²) in [7, 11) is 0. The van der Waals surface area contributed by atoms with Crippen molar-refractivity contribution in [3.05, 3.63) is 57.7 Å². The predicted molar refractivity (Wildman–Crippen MR) is 102 cm³/mol. The molecule has 0 spiro atoms. The van der Waals surface area contributed by atoms with E-state index in [1.54, 1.807) is 6.07 Å². The summed E-state index contributed by atoms with van der Waals surface area (Å²) in [6.07, 6.45) is 5.92. The number of benzene rings is 1. The zero-order chi connectivity index (χ0) is 17.3. The first-order valence-corrected chi connectivity index (χ1v) is 8.85. The van der Waals surface area contributed by atoms with Gasteiger partial charge >= 0.3 is 0 Å². The van der Waals surface area contributed by atoms with Crippen molar-refractivity contribution in [1.29, 1.82) is 0 Å². The van der Waals surface area contributed by atoms with Crippen molar-refractivity contribution in [2.75, 3.05) is 0 Å². The molecule has 4 nitrogen and oxygen atoms in total. The molecule has 1 N–H and O–H groups in total. The van der Waals surface area contributed by atoms with E-state index in [4.69, 9.17) is 11.6 Å². The summed E-state index contributed by atoms with van der Waals surface area (Å²) in [5, 5.41) is 4.00. The lowest BCUT2D eigenvalue weighted by Gasteiger charge is -2.04. The molecule has 1 aliphatic rings. The molecule has 0 aliphatic carbocycles. The third kappa shape index (κ3) is 3.74. The normalized spacial score (nSPS) is 18.0. The molecule has 0 saturated carbocycles. The molecule has 2 heterocycles. The van der Waals surface area contributed by atoms with Gasteiger partial charge < -0.3 is 9.88 Å². The van der Waals surface area contributed by atoms with E-state index < -0.39 is 0 Å². The SMILES string of the molecule is Cc1ccc(Cl)cc1N=C1NC(=O)/C(=C\c2ccn(C(C)C)c2)S1. The van der Waals surface area contributed by atoms with Gasteiger partial charge in [0.15, 0.2) is 5.17 Å². The third-order valence-corrected chi connectivity index (χ3v) is 4.82. The summed E-state index contributed by atoms with van der Waals surface area (Å²) < 4.78 is 2.11. The molecule has 1 amide bonds. The van der Waals surface area contributed by atoms with Crippen LogP contribution in [0.5, 0.6) is 0 Å². The molecule has 1 fully saturated rings. The second-order valence-electron chi connectivity index (χ2n) is 5.90. The predicted octanol–water partition coefficient (Wildman–Crippen LogP) is 4.92. The van der Waals surface area contributed by atoms with Gasteiger partial charge in [0.1, 0.15) is 0 Å². The Hall–Kier alpha value is -1.98. The summed E-state index contributed by atoms with van der Waals surface area (Å²) in [6, 6.07) is 7.92. The van der Waals surface area contributed by atoms with Crippen LogP contribution in [0.4, 0.5) is 5.69 Å². The number of aliphatic imine (C=N–C) groups is 1. The minimum Gasteiger partial charge on any atom is -0.351 e. The maximum Gasteiger partial charge on any atom is 0.264 e. The molecule has 6 heteroatoms. The summed E-state index contributed by atoms with van der Waals surface area (Å²) in [6.45, 7) is 6.20. The van der Waals surface area contributed by atoms with Crippen LogP contribution in [-0.4, -0.2) is 15.6 Å². The van der Waals surface area contributed by atoms with Crippen molar-refractivity contribution in [2.45, 2.75) is 26.8 Å². The number of aryl methyl sites for hydroxylation is 1. The number of nitrogens with zero attached hydrogens (tertiary/aromatic N) is 2. The van der Waals surface area contributed by atoms with E-state index in [-0.39, 0.29) is 5.91 Å². The topological polar surface area (TPSA) is 46.4 Å². The number of carbonyl (C=O) groups is 1. The van der Waals surface area contributed by atoms with Gasteiger partial charge in [0.25, 0.3) is 5.91 Å². The van der Waals surface area contributed by atoms with E-state index in [0.29, 0.717) is 21.1 Å². The van der Waals surface area contributed by atoms with Gasteiger partial charge in [-0.05, 0) is 67.9 Å². The van der Waals surface area contributed by atoms with Gasteiger partial charge in [-0.2, -0.15) is 0 Å². The molecule has 1 aliphatic heterocycles. The highest BCUT2D eigenvalue weighted by Crippen LogP contribution is 2.30. The third-order valence-electron chi connectivity index (χ3n) is 3.68. The fourth-order valence-corrected chi connectivity index (χ4v) is 3.28. The Balaban J connectivity index is 1.83. The van der Waals surface area contributed by atoms with Crippen molar-refractivity contribution >= 4 is 46.2 Å². The van der Waals surface area contributed by atoms with E-state index in [9.17, 15) is 4.79 Å². The van der Waals surface area contributed by atoms with E-state index in [1.807, 2.05) is 43.6 Å². The molecule has 0 radical (unpaired) electrons. The van der Waals surface area contributed by atoms with Crippen LogP contribution in [-0.2, 0) is 4.79 Å². The molecule has 124 valence electrons. The highest BCUT2D eigenvalue weighted by atomic mass is 35.5. The Bertz CT molecular complexity index is 852. The van der Waals surface area contributed by atoms with Gasteiger partial charge in [-0.1, -0.05) is 17.7 Å². The Labute approximate surface area is 150 Å². The lowest BCUT2D eigenvalue weighted by Crippen LogP contribution is -2.19. The molecule has 3 rings (SSSR count). The number of thioether (sulfide) groups is 1. The minimum absolute atomic E-state index is 0.129. The number of amides is 1. The molecule has 1 aromatic heterocycles. The zero-order valence-electron chi connectivity index (χ0n) is 13.7. The van der Waals surface area contributed by atoms with Crippen molar-refractivity contribution in [3.63, 3.8) is 0 Å². The van der Waals surface area contributed by atoms with E-state index >= 15 is 0 Å². The lowest BCUT2D eigenvalue weighted by molar-refractivity contribution is -0.115. The fraction of sp³-hybridized carbons (Fsp3) is 0.222. The van der Waals surface area contributed by atoms with Crippen LogP contribution in [0.1, 0.15) is 31.0 Å². The second kappa shape index (κ2) is 6.87. The van der Waals surface area contributed by atoms with Crippen LogP contribution in [0, 0.1) is 6.92 Å². The van der Waals surface area contributed by atoms with Crippen LogP contribution < -0.4 is 5.32 Å². The van der Waals surface area contributed by atoms with Gasteiger partial charge in [-0.25, -0.2) is 4.99 Å². The van der Waals surface area contributed by atoms with Crippen LogP contribution in [0.3, 0.4) is 0 Å².